The van der Waals surface area contributed by atoms with Crippen molar-refractivity contribution in [3.8, 4) is 5.75 Å². The van der Waals surface area contributed by atoms with Gasteiger partial charge >= 0.3 is 5.69 Å². The number of thioether (sulfide) groups is 1. The highest BCUT2D eigenvalue weighted by atomic mass is 32.2. The van der Waals surface area contributed by atoms with Gasteiger partial charge in [0.1, 0.15) is 6.61 Å². The smallest absolute Gasteiger partial charge is 0.310 e. The maximum atomic E-state index is 11.0. The molecule has 0 aliphatic carbocycles. The van der Waals surface area contributed by atoms with Gasteiger partial charge in [0, 0.05) is 16.2 Å². The third kappa shape index (κ3) is 3.03. The normalized spacial score (nSPS) is 16.5. The largest absolute Gasteiger partial charge is 0.486 e. The number of nitro groups is 1. The lowest BCUT2D eigenvalue weighted by Gasteiger charge is -2.11. The average molecular weight is 301 g/mol. The van der Waals surface area contributed by atoms with Crippen LogP contribution in [-0.2, 0) is 6.42 Å². The van der Waals surface area contributed by atoms with E-state index in [0.717, 1.165) is 12.0 Å². The van der Waals surface area contributed by atoms with Crippen molar-refractivity contribution in [3.63, 3.8) is 0 Å². The van der Waals surface area contributed by atoms with Gasteiger partial charge in [-0.2, -0.15) is 0 Å². The van der Waals surface area contributed by atoms with Crippen LogP contribution < -0.4 is 4.74 Å². The van der Waals surface area contributed by atoms with Crippen molar-refractivity contribution in [2.24, 2.45) is 0 Å². The summed E-state index contributed by atoms with van der Waals surface area (Å²) in [4.78, 5) is 11.9. The van der Waals surface area contributed by atoms with Gasteiger partial charge in [-0.05, 0) is 36.6 Å². The number of hydrogen-bond acceptors (Lipinski definition) is 4. The minimum atomic E-state index is -0.398. The number of aryl methyl sites for hydroxylation is 1. The summed E-state index contributed by atoms with van der Waals surface area (Å²) in [7, 11) is 0. The third-order valence-corrected chi connectivity index (χ3v) is 4.74. The molecule has 21 heavy (non-hydrogen) atoms. The van der Waals surface area contributed by atoms with Crippen molar-refractivity contribution in [1.82, 2.24) is 0 Å². The first-order valence-electron chi connectivity index (χ1n) is 6.76. The number of nitrogens with zero attached hydrogens (tertiary/aromatic N) is 1. The molecule has 108 valence electrons. The molecular formula is C16H15NO3S. The summed E-state index contributed by atoms with van der Waals surface area (Å²) in [5, 5.41) is 11.3. The molecule has 0 fully saturated rings. The molecule has 3 rings (SSSR count). The first kappa shape index (κ1) is 13.9. The molecule has 5 heteroatoms. The summed E-state index contributed by atoms with van der Waals surface area (Å²) in [5.41, 5.74) is 2.31. The van der Waals surface area contributed by atoms with E-state index in [1.54, 1.807) is 23.9 Å². The quantitative estimate of drug-likeness (QED) is 0.632. The lowest BCUT2D eigenvalue weighted by molar-refractivity contribution is -0.385. The zero-order chi connectivity index (χ0) is 14.8. The number of ether oxygens (including phenoxy) is 1. The Balaban J connectivity index is 1.69. The summed E-state index contributed by atoms with van der Waals surface area (Å²) in [5.74, 6) is 0.358. The molecule has 0 amide bonds. The second-order valence-corrected chi connectivity index (χ2v) is 6.43. The minimum absolute atomic E-state index is 0.0288. The second-order valence-electron chi connectivity index (χ2n) is 5.09. The standard InChI is InChI=1S/C16H15NO3S/c1-11-6-7-14(17(18)19)15(8-11)20-10-13-9-12-4-2-3-5-16(12)21-13/h2-8,13H,9-10H2,1H3. The zero-order valence-electron chi connectivity index (χ0n) is 11.6. The number of rotatable bonds is 4. The molecule has 1 unspecified atom stereocenters. The van der Waals surface area contributed by atoms with Gasteiger partial charge in [0.2, 0.25) is 0 Å². The monoisotopic (exact) mass is 301 g/mol. The molecule has 0 radical (unpaired) electrons. The molecule has 2 aromatic carbocycles. The third-order valence-electron chi connectivity index (χ3n) is 3.45. The minimum Gasteiger partial charge on any atom is -0.486 e. The van der Waals surface area contributed by atoms with Crippen LogP contribution in [0.15, 0.2) is 47.4 Å². The van der Waals surface area contributed by atoms with E-state index in [4.69, 9.17) is 4.74 Å². The van der Waals surface area contributed by atoms with E-state index in [1.165, 1.54) is 16.5 Å². The summed E-state index contributed by atoms with van der Waals surface area (Å²) in [6, 6.07) is 13.2. The molecule has 1 aliphatic rings. The molecular weight excluding hydrogens is 286 g/mol. The van der Waals surface area contributed by atoms with Gasteiger partial charge in [-0.25, -0.2) is 0 Å². The Morgan fingerprint density at radius 3 is 2.90 bits per heavy atom. The van der Waals surface area contributed by atoms with Crippen molar-refractivity contribution >= 4 is 17.4 Å². The number of fused-ring (bicyclic) bond motifs is 1. The lowest BCUT2D eigenvalue weighted by atomic mass is 10.1. The molecule has 0 spiro atoms. The molecule has 2 aromatic rings. The maximum Gasteiger partial charge on any atom is 0.310 e. The second kappa shape index (κ2) is 5.77. The van der Waals surface area contributed by atoms with Crippen LogP contribution in [0.25, 0.3) is 0 Å². The SMILES string of the molecule is Cc1ccc([N+](=O)[O-])c(OCC2Cc3ccccc3S2)c1. The Kier molecular flexibility index (Phi) is 3.84. The van der Waals surface area contributed by atoms with Gasteiger partial charge in [-0.15, -0.1) is 11.8 Å². The van der Waals surface area contributed by atoms with Crippen molar-refractivity contribution < 1.29 is 9.66 Å². The lowest BCUT2D eigenvalue weighted by Crippen LogP contribution is -2.14. The van der Waals surface area contributed by atoms with Crippen molar-refractivity contribution in [2.45, 2.75) is 23.5 Å². The highest BCUT2D eigenvalue weighted by Gasteiger charge is 2.23. The molecule has 1 atom stereocenters. The first-order valence-corrected chi connectivity index (χ1v) is 7.64. The number of nitro benzene ring substituents is 1. The van der Waals surface area contributed by atoms with Crippen LogP contribution in [0.3, 0.4) is 0 Å². The Hall–Kier alpha value is -2.01. The van der Waals surface area contributed by atoms with Crippen molar-refractivity contribution in [1.29, 1.82) is 0 Å². The van der Waals surface area contributed by atoms with Gasteiger partial charge in [-0.3, -0.25) is 10.1 Å². The Morgan fingerprint density at radius 2 is 2.14 bits per heavy atom. The number of hydrogen-bond donors (Lipinski definition) is 0. The number of benzene rings is 2. The van der Waals surface area contributed by atoms with E-state index < -0.39 is 4.92 Å². The zero-order valence-corrected chi connectivity index (χ0v) is 12.4. The van der Waals surface area contributed by atoms with Gasteiger partial charge < -0.3 is 4.74 Å². The van der Waals surface area contributed by atoms with Gasteiger partial charge in [-0.1, -0.05) is 24.3 Å². The van der Waals surface area contributed by atoms with Crippen LogP contribution >= 0.6 is 11.8 Å². The van der Waals surface area contributed by atoms with E-state index in [2.05, 4.69) is 12.1 Å². The van der Waals surface area contributed by atoms with Crippen LogP contribution in [0.1, 0.15) is 11.1 Å². The Labute approximate surface area is 127 Å². The summed E-state index contributed by atoms with van der Waals surface area (Å²) in [6.45, 7) is 2.38. The van der Waals surface area contributed by atoms with E-state index in [9.17, 15) is 10.1 Å². The van der Waals surface area contributed by atoms with Crippen molar-refractivity contribution in [2.75, 3.05) is 6.61 Å². The highest BCUT2D eigenvalue weighted by molar-refractivity contribution is 8.00. The molecule has 0 N–H and O–H groups in total. The van der Waals surface area contributed by atoms with Crippen molar-refractivity contribution in [3.05, 3.63) is 63.7 Å². The summed E-state index contributed by atoms with van der Waals surface area (Å²) < 4.78 is 5.73. The Bertz CT molecular complexity index is 662. The molecule has 1 aliphatic heterocycles. The van der Waals surface area contributed by atoms with Crippen LogP contribution in [0, 0.1) is 17.0 Å². The predicted molar refractivity (Wildman–Crippen MR) is 83.1 cm³/mol. The average Bonchev–Trinajstić information content (AvgIpc) is 2.87. The van der Waals surface area contributed by atoms with Crippen LogP contribution in [-0.4, -0.2) is 16.8 Å². The van der Waals surface area contributed by atoms with E-state index in [-0.39, 0.29) is 5.69 Å². The van der Waals surface area contributed by atoms with E-state index in [0.29, 0.717) is 17.6 Å². The van der Waals surface area contributed by atoms with Crippen LogP contribution in [0.4, 0.5) is 5.69 Å². The van der Waals surface area contributed by atoms with Crippen LogP contribution in [0.2, 0.25) is 0 Å². The maximum absolute atomic E-state index is 11.0. The molecule has 0 bridgehead atoms. The van der Waals surface area contributed by atoms with E-state index >= 15 is 0 Å². The molecule has 0 saturated carbocycles. The first-order chi connectivity index (χ1) is 10.1. The fourth-order valence-electron chi connectivity index (χ4n) is 2.42. The van der Waals surface area contributed by atoms with E-state index in [1.807, 2.05) is 19.1 Å². The fourth-order valence-corrected chi connectivity index (χ4v) is 3.64. The summed E-state index contributed by atoms with van der Waals surface area (Å²) >= 11 is 1.78. The molecule has 0 aromatic heterocycles. The van der Waals surface area contributed by atoms with Gasteiger partial charge in [0.05, 0.1) is 4.92 Å². The summed E-state index contributed by atoms with van der Waals surface area (Å²) in [6.07, 6.45) is 0.945. The molecule has 0 saturated heterocycles. The Morgan fingerprint density at radius 1 is 1.33 bits per heavy atom. The van der Waals surface area contributed by atoms with Gasteiger partial charge in [0.25, 0.3) is 0 Å². The molecule has 1 heterocycles. The predicted octanol–water partition coefficient (Wildman–Crippen LogP) is 4.00. The van der Waals surface area contributed by atoms with Crippen LogP contribution in [0.5, 0.6) is 5.75 Å². The van der Waals surface area contributed by atoms with Gasteiger partial charge in [0.15, 0.2) is 5.75 Å². The topological polar surface area (TPSA) is 52.4 Å². The molecule has 4 nitrogen and oxygen atoms in total. The fraction of sp³-hybridized carbons (Fsp3) is 0.250. The highest BCUT2D eigenvalue weighted by Crippen LogP contribution is 2.37.